The fourth-order valence-electron chi connectivity index (χ4n) is 2.40. The summed E-state index contributed by atoms with van der Waals surface area (Å²) in [5.74, 6) is -3.32. The van der Waals surface area contributed by atoms with Crippen molar-refractivity contribution in [1.82, 2.24) is 9.99 Å². The Kier molecular flexibility index (Phi) is 7.74. The second-order valence-corrected chi connectivity index (χ2v) is 8.25. The first kappa shape index (κ1) is 24.3. The molecule has 0 radical (unpaired) electrons. The molecule has 2 rings (SSSR count). The van der Waals surface area contributed by atoms with Crippen molar-refractivity contribution in [3.8, 4) is 0 Å². The van der Waals surface area contributed by atoms with E-state index in [2.05, 4.69) is 32.0 Å². The molecule has 0 bridgehead atoms. The summed E-state index contributed by atoms with van der Waals surface area (Å²) in [6.07, 6.45) is -0.0941. The number of amides is 3. The van der Waals surface area contributed by atoms with Crippen LogP contribution < -0.4 is 16.1 Å². The first-order valence-electron chi connectivity index (χ1n) is 8.94. The van der Waals surface area contributed by atoms with Gasteiger partial charge < -0.3 is 20.5 Å². The van der Waals surface area contributed by atoms with Gasteiger partial charge in [-0.05, 0) is 54.9 Å². The molecule has 12 heteroatoms. The molecule has 9 nitrogen and oxygen atoms in total. The van der Waals surface area contributed by atoms with E-state index in [0.717, 1.165) is 16.8 Å². The molecule has 0 fully saturated rings. The molecule has 3 amide bonds. The fraction of sp³-hybridized carbons (Fsp3) is 0.316. The molecule has 0 saturated heterocycles. The zero-order valence-corrected chi connectivity index (χ0v) is 18.4. The highest BCUT2D eigenvalue weighted by Gasteiger charge is 2.26. The molecule has 0 aliphatic rings. The van der Waals surface area contributed by atoms with E-state index < -0.39 is 41.2 Å². The highest BCUT2D eigenvalue weighted by atomic mass is 79.9. The van der Waals surface area contributed by atoms with Gasteiger partial charge in [-0.2, -0.15) is 0 Å². The summed E-state index contributed by atoms with van der Waals surface area (Å²) < 4.78 is 33.5. The van der Waals surface area contributed by atoms with Gasteiger partial charge in [0.2, 0.25) is 0 Å². The average Bonchev–Trinajstić information content (AvgIpc) is 2.96. The molecule has 0 saturated carbocycles. The third-order valence-electron chi connectivity index (χ3n) is 3.70. The smallest absolute Gasteiger partial charge is 0.405 e. The van der Waals surface area contributed by atoms with Crippen LogP contribution in [0.4, 0.5) is 19.3 Å². The van der Waals surface area contributed by atoms with E-state index in [9.17, 15) is 23.2 Å². The molecule has 1 aromatic heterocycles. The van der Waals surface area contributed by atoms with E-state index in [1.165, 1.54) is 12.3 Å². The minimum Gasteiger partial charge on any atom is -0.465 e. The summed E-state index contributed by atoms with van der Waals surface area (Å²) in [6.45, 7) is 4.96. The normalized spacial score (nSPS) is 12.2. The zero-order chi connectivity index (χ0) is 23.3. The van der Waals surface area contributed by atoms with E-state index in [0.29, 0.717) is 6.07 Å². The molecule has 4 N–H and O–H groups in total. The lowest BCUT2D eigenvalue weighted by atomic mass is 10.2. The summed E-state index contributed by atoms with van der Waals surface area (Å²) in [6, 6.07) is 2.69. The Labute approximate surface area is 184 Å². The van der Waals surface area contributed by atoms with Gasteiger partial charge >= 0.3 is 6.09 Å². The summed E-state index contributed by atoms with van der Waals surface area (Å²) in [5, 5.41) is 13.4. The van der Waals surface area contributed by atoms with Gasteiger partial charge in [0.15, 0.2) is 0 Å². The standard InChI is InChI=1S/C19H21BrF2N4O5/c1-19(2,3)31-9-14(24-18(29)30)16(27)25-26-5-4-13(20)15(26)17(28)23-12-7-10(21)6-11(22)8-12/h4-8,14,24H,9H2,1-3H3,(H,23,28)(H,25,27)(H,29,30). The number of nitrogens with one attached hydrogen (secondary N) is 3. The minimum absolute atomic E-state index is 0.0937. The minimum atomic E-state index is -1.43. The largest absolute Gasteiger partial charge is 0.465 e. The molecule has 2 aromatic rings. The molecule has 1 unspecified atom stereocenters. The van der Waals surface area contributed by atoms with Gasteiger partial charge in [-0.15, -0.1) is 0 Å². The van der Waals surface area contributed by atoms with Crippen LogP contribution in [-0.2, 0) is 9.53 Å². The quantitative estimate of drug-likeness (QED) is 0.462. The number of benzene rings is 1. The molecule has 1 aromatic carbocycles. The van der Waals surface area contributed by atoms with Gasteiger partial charge in [-0.25, -0.2) is 13.6 Å². The highest BCUT2D eigenvalue weighted by Crippen LogP contribution is 2.20. The Bertz CT molecular complexity index is 970. The second-order valence-electron chi connectivity index (χ2n) is 7.40. The summed E-state index contributed by atoms with van der Waals surface area (Å²) in [7, 11) is 0. The highest BCUT2D eigenvalue weighted by molar-refractivity contribution is 9.10. The fourth-order valence-corrected chi connectivity index (χ4v) is 2.89. The lowest BCUT2D eigenvalue weighted by Gasteiger charge is -2.24. The molecule has 168 valence electrons. The summed E-state index contributed by atoms with van der Waals surface area (Å²) >= 11 is 3.17. The van der Waals surface area contributed by atoms with E-state index >= 15 is 0 Å². The molecular weight excluding hydrogens is 482 g/mol. The first-order valence-corrected chi connectivity index (χ1v) is 9.73. The van der Waals surface area contributed by atoms with Gasteiger partial charge in [0, 0.05) is 18.0 Å². The molecular formula is C19H21BrF2N4O5. The predicted octanol–water partition coefficient (Wildman–Crippen LogP) is 3.30. The monoisotopic (exact) mass is 502 g/mol. The van der Waals surface area contributed by atoms with Crippen LogP contribution in [0, 0.1) is 11.6 Å². The molecule has 0 aliphatic heterocycles. The Hall–Kier alpha value is -2.99. The van der Waals surface area contributed by atoms with Crippen LogP contribution in [0.3, 0.4) is 0 Å². The number of rotatable bonds is 7. The van der Waals surface area contributed by atoms with Crippen molar-refractivity contribution in [3.05, 3.63) is 52.3 Å². The van der Waals surface area contributed by atoms with Crippen LogP contribution >= 0.6 is 15.9 Å². The topological polar surface area (TPSA) is 122 Å². The van der Waals surface area contributed by atoms with Crippen LogP contribution in [0.1, 0.15) is 31.3 Å². The Morgan fingerprint density at radius 2 is 1.81 bits per heavy atom. The van der Waals surface area contributed by atoms with Crippen LogP contribution in [-0.4, -0.2) is 45.9 Å². The van der Waals surface area contributed by atoms with Crippen LogP contribution in [0.25, 0.3) is 0 Å². The molecule has 1 heterocycles. The maximum absolute atomic E-state index is 13.4. The Morgan fingerprint density at radius 1 is 1.19 bits per heavy atom. The number of anilines is 1. The second kappa shape index (κ2) is 9.88. The third kappa shape index (κ3) is 7.33. The van der Waals surface area contributed by atoms with Crippen molar-refractivity contribution in [2.45, 2.75) is 32.4 Å². The SMILES string of the molecule is CC(C)(C)OCC(NC(=O)O)C(=O)Nn1ccc(Br)c1C(=O)Nc1cc(F)cc(F)c1. The van der Waals surface area contributed by atoms with Gasteiger partial charge in [0.05, 0.1) is 16.7 Å². The number of halogens is 3. The molecule has 0 spiro atoms. The summed E-state index contributed by atoms with van der Waals surface area (Å²) in [4.78, 5) is 36.3. The van der Waals surface area contributed by atoms with E-state index in [4.69, 9.17) is 9.84 Å². The van der Waals surface area contributed by atoms with Crippen molar-refractivity contribution >= 4 is 39.5 Å². The Morgan fingerprint density at radius 3 is 2.35 bits per heavy atom. The number of carbonyl (C=O) groups excluding carboxylic acids is 2. The first-order chi connectivity index (χ1) is 14.4. The number of hydrogen-bond acceptors (Lipinski definition) is 4. The Balaban J connectivity index is 2.20. The lowest BCUT2D eigenvalue weighted by molar-refractivity contribution is -0.122. The number of carboxylic acid groups (broad SMARTS) is 1. The molecule has 0 aliphatic carbocycles. The van der Waals surface area contributed by atoms with Crippen molar-refractivity contribution in [3.63, 3.8) is 0 Å². The van der Waals surface area contributed by atoms with Crippen molar-refractivity contribution in [2.75, 3.05) is 17.3 Å². The molecule has 31 heavy (non-hydrogen) atoms. The zero-order valence-electron chi connectivity index (χ0n) is 16.8. The van der Waals surface area contributed by atoms with Crippen LogP contribution in [0.5, 0.6) is 0 Å². The maximum atomic E-state index is 13.4. The van der Waals surface area contributed by atoms with E-state index in [-0.39, 0.29) is 22.5 Å². The predicted molar refractivity (Wildman–Crippen MR) is 111 cm³/mol. The lowest BCUT2D eigenvalue weighted by Crippen LogP contribution is -2.49. The van der Waals surface area contributed by atoms with Crippen LogP contribution in [0.2, 0.25) is 0 Å². The van der Waals surface area contributed by atoms with Gasteiger partial charge in [0.25, 0.3) is 11.8 Å². The van der Waals surface area contributed by atoms with Crippen molar-refractivity contribution in [2.24, 2.45) is 0 Å². The third-order valence-corrected chi connectivity index (χ3v) is 4.34. The van der Waals surface area contributed by atoms with Gasteiger partial charge in [0.1, 0.15) is 23.4 Å². The maximum Gasteiger partial charge on any atom is 0.405 e. The number of hydrogen-bond donors (Lipinski definition) is 4. The average molecular weight is 503 g/mol. The number of nitrogens with zero attached hydrogens (tertiary/aromatic N) is 1. The molecule has 1 atom stereocenters. The number of carbonyl (C=O) groups is 3. The van der Waals surface area contributed by atoms with Crippen LogP contribution in [0.15, 0.2) is 34.9 Å². The van der Waals surface area contributed by atoms with Gasteiger partial charge in [-0.3, -0.25) is 19.7 Å². The number of ether oxygens (including phenoxy) is 1. The van der Waals surface area contributed by atoms with E-state index in [1.807, 2.05) is 0 Å². The van der Waals surface area contributed by atoms with E-state index in [1.54, 1.807) is 20.8 Å². The van der Waals surface area contributed by atoms with Crippen molar-refractivity contribution in [1.29, 1.82) is 0 Å². The number of aromatic nitrogens is 1. The summed E-state index contributed by atoms with van der Waals surface area (Å²) in [5.41, 5.74) is 1.55. The van der Waals surface area contributed by atoms with Crippen molar-refractivity contribution < 1.29 is 33.0 Å². The van der Waals surface area contributed by atoms with Gasteiger partial charge in [-0.1, -0.05) is 0 Å².